The Bertz CT molecular complexity index is 1520. The van der Waals surface area contributed by atoms with Crippen LogP contribution in [0, 0.1) is 0 Å². The number of para-hydroxylation sites is 1. The van der Waals surface area contributed by atoms with Crippen molar-refractivity contribution in [2.75, 3.05) is 0 Å². The van der Waals surface area contributed by atoms with Crippen LogP contribution in [0.25, 0.3) is 10.9 Å². The number of carboxylic acids is 1. The summed E-state index contributed by atoms with van der Waals surface area (Å²) in [5.74, 6) is -2.97. The van der Waals surface area contributed by atoms with Crippen LogP contribution in [-0.4, -0.2) is 57.9 Å². The van der Waals surface area contributed by atoms with Gasteiger partial charge in [-0.1, -0.05) is 78.9 Å². The number of carbonyl (C=O) groups is 4. The van der Waals surface area contributed by atoms with E-state index in [2.05, 4.69) is 20.9 Å². The maximum absolute atomic E-state index is 13.7. The molecule has 4 rings (SSSR count). The second-order valence-corrected chi connectivity index (χ2v) is 10.2. The topological polar surface area (TPSA) is 166 Å². The van der Waals surface area contributed by atoms with E-state index in [0.29, 0.717) is 0 Å². The number of hydrogen-bond donors (Lipinski definition) is 6. The monoisotopic (exact) mass is 569 g/mol. The van der Waals surface area contributed by atoms with Crippen molar-refractivity contribution < 1.29 is 24.3 Å². The van der Waals surface area contributed by atoms with E-state index in [0.717, 1.165) is 27.6 Å². The Kier molecular flexibility index (Phi) is 10.1. The number of fused-ring (bicyclic) bond motifs is 1. The van der Waals surface area contributed by atoms with Crippen molar-refractivity contribution in [3.8, 4) is 0 Å². The maximum atomic E-state index is 13.7. The van der Waals surface area contributed by atoms with Gasteiger partial charge in [-0.05, 0) is 36.1 Å². The van der Waals surface area contributed by atoms with E-state index in [1.165, 1.54) is 6.92 Å². The molecule has 0 aliphatic rings. The molecule has 10 nitrogen and oxygen atoms in total. The first kappa shape index (κ1) is 30.0. The molecule has 42 heavy (non-hydrogen) atoms. The van der Waals surface area contributed by atoms with Gasteiger partial charge < -0.3 is 31.8 Å². The average Bonchev–Trinajstić information content (AvgIpc) is 3.40. The third kappa shape index (κ3) is 8.05. The van der Waals surface area contributed by atoms with Crippen LogP contribution in [0.4, 0.5) is 0 Å². The third-order valence-corrected chi connectivity index (χ3v) is 7.01. The molecule has 1 heterocycles. The van der Waals surface area contributed by atoms with Crippen LogP contribution in [0.5, 0.6) is 0 Å². The van der Waals surface area contributed by atoms with Gasteiger partial charge in [0.15, 0.2) is 0 Å². The molecule has 0 aliphatic heterocycles. The van der Waals surface area contributed by atoms with Crippen LogP contribution in [0.1, 0.15) is 23.6 Å². The molecule has 0 saturated heterocycles. The molecule has 4 aromatic rings. The summed E-state index contributed by atoms with van der Waals surface area (Å²) in [5, 5.41) is 18.2. The lowest BCUT2D eigenvalue weighted by atomic mass is 10.0. The van der Waals surface area contributed by atoms with Crippen LogP contribution >= 0.6 is 0 Å². The van der Waals surface area contributed by atoms with E-state index >= 15 is 0 Å². The fraction of sp³-hybridized carbons (Fsp3) is 0.250. The summed E-state index contributed by atoms with van der Waals surface area (Å²) in [6.07, 6.45) is 2.28. The number of aliphatic carboxylic acids is 1. The highest BCUT2D eigenvalue weighted by molar-refractivity contribution is 5.95. The Labute approximate surface area is 243 Å². The number of amides is 3. The van der Waals surface area contributed by atoms with E-state index in [-0.39, 0.29) is 19.3 Å². The standard InChI is InChI=1S/C32H35N5O5/c1-20(32(41)42)35-30(39)28(18-23-19-34-26-15-9-8-14-24(23)26)37-31(40)27(17-22-12-6-3-7-13-22)36-29(38)25(33)16-21-10-4-2-5-11-21/h2-15,19-20,25,27-28,34H,16-18,33H2,1H3,(H,35,39)(H,36,38)(H,37,40)(H,41,42). The Morgan fingerprint density at radius 1 is 0.714 bits per heavy atom. The fourth-order valence-electron chi connectivity index (χ4n) is 4.68. The minimum atomic E-state index is -1.21. The van der Waals surface area contributed by atoms with Crippen molar-refractivity contribution >= 4 is 34.6 Å². The molecule has 4 unspecified atom stereocenters. The highest BCUT2D eigenvalue weighted by Crippen LogP contribution is 2.19. The molecule has 218 valence electrons. The van der Waals surface area contributed by atoms with Gasteiger partial charge in [0.1, 0.15) is 18.1 Å². The largest absolute Gasteiger partial charge is 0.480 e. The van der Waals surface area contributed by atoms with E-state index in [1.807, 2.05) is 84.9 Å². The molecule has 1 aromatic heterocycles. The van der Waals surface area contributed by atoms with Crippen LogP contribution < -0.4 is 21.7 Å². The van der Waals surface area contributed by atoms with Gasteiger partial charge in [0.05, 0.1) is 6.04 Å². The molecule has 3 amide bonds. The Balaban J connectivity index is 1.56. The van der Waals surface area contributed by atoms with Gasteiger partial charge in [0.25, 0.3) is 0 Å². The molecule has 0 fully saturated rings. The number of carboxylic acid groups (broad SMARTS) is 1. The number of aromatic nitrogens is 1. The molecule has 0 radical (unpaired) electrons. The Morgan fingerprint density at radius 2 is 1.24 bits per heavy atom. The van der Waals surface area contributed by atoms with Gasteiger partial charge in [-0.3, -0.25) is 19.2 Å². The second-order valence-electron chi connectivity index (χ2n) is 10.2. The quantitative estimate of drug-likeness (QED) is 0.144. The SMILES string of the molecule is CC(NC(=O)C(Cc1c[nH]c2ccccc12)NC(=O)C(Cc1ccccc1)NC(=O)C(N)Cc1ccccc1)C(=O)O. The van der Waals surface area contributed by atoms with Gasteiger partial charge in [-0.2, -0.15) is 0 Å². The highest BCUT2D eigenvalue weighted by atomic mass is 16.4. The Morgan fingerprint density at radius 3 is 1.88 bits per heavy atom. The third-order valence-electron chi connectivity index (χ3n) is 7.01. The smallest absolute Gasteiger partial charge is 0.325 e. The molecular formula is C32H35N5O5. The maximum Gasteiger partial charge on any atom is 0.325 e. The lowest BCUT2D eigenvalue weighted by Gasteiger charge is -2.25. The summed E-state index contributed by atoms with van der Waals surface area (Å²) < 4.78 is 0. The number of aromatic amines is 1. The van der Waals surface area contributed by atoms with E-state index in [9.17, 15) is 24.3 Å². The molecule has 0 bridgehead atoms. The van der Waals surface area contributed by atoms with Crippen LogP contribution in [0.15, 0.2) is 91.1 Å². The van der Waals surface area contributed by atoms with Crippen LogP contribution in [0.3, 0.4) is 0 Å². The minimum Gasteiger partial charge on any atom is -0.480 e. The first-order valence-electron chi connectivity index (χ1n) is 13.7. The van der Waals surface area contributed by atoms with Gasteiger partial charge in [0.2, 0.25) is 17.7 Å². The molecule has 0 aliphatic carbocycles. The zero-order chi connectivity index (χ0) is 30.1. The number of H-pyrrole nitrogens is 1. The van der Waals surface area contributed by atoms with Gasteiger partial charge in [-0.25, -0.2) is 0 Å². The molecule has 0 spiro atoms. The molecule has 0 saturated carbocycles. The predicted octanol–water partition coefficient (Wildman–Crippen LogP) is 2.08. The fourth-order valence-corrected chi connectivity index (χ4v) is 4.68. The number of benzene rings is 3. The predicted molar refractivity (Wildman–Crippen MR) is 159 cm³/mol. The van der Waals surface area contributed by atoms with Crippen molar-refractivity contribution in [3.63, 3.8) is 0 Å². The number of carbonyl (C=O) groups excluding carboxylic acids is 3. The molecule has 3 aromatic carbocycles. The molecule has 4 atom stereocenters. The van der Waals surface area contributed by atoms with Crippen molar-refractivity contribution in [1.29, 1.82) is 0 Å². The van der Waals surface area contributed by atoms with Gasteiger partial charge >= 0.3 is 5.97 Å². The summed E-state index contributed by atoms with van der Waals surface area (Å²) in [7, 11) is 0. The summed E-state index contributed by atoms with van der Waals surface area (Å²) in [5.41, 5.74) is 9.51. The normalized spacial score (nSPS) is 13.9. The summed E-state index contributed by atoms with van der Waals surface area (Å²) in [6.45, 7) is 1.34. The summed E-state index contributed by atoms with van der Waals surface area (Å²) >= 11 is 0. The zero-order valence-corrected chi connectivity index (χ0v) is 23.2. The lowest BCUT2D eigenvalue weighted by molar-refractivity contribution is -0.141. The first-order valence-corrected chi connectivity index (χ1v) is 13.7. The van der Waals surface area contributed by atoms with Crippen molar-refractivity contribution in [2.45, 2.75) is 50.4 Å². The number of hydrogen-bond acceptors (Lipinski definition) is 5. The Hall–Kier alpha value is -4.96. The van der Waals surface area contributed by atoms with Gasteiger partial charge in [-0.15, -0.1) is 0 Å². The van der Waals surface area contributed by atoms with E-state index < -0.39 is 47.9 Å². The lowest BCUT2D eigenvalue weighted by Crippen LogP contribution is -2.58. The van der Waals surface area contributed by atoms with Crippen molar-refractivity contribution in [3.05, 3.63) is 108 Å². The van der Waals surface area contributed by atoms with Crippen molar-refractivity contribution in [1.82, 2.24) is 20.9 Å². The molecular weight excluding hydrogens is 534 g/mol. The highest BCUT2D eigenvalue weighted by Gasteiger charge is 2.30. The number of nitrogens with one attached hydrogen (secondary N) is 4. The molecule has 10 heteroatoms. The van der Waals surface area contributed by atoms with Crippen molar-refractivity contribution in [2.24, 2.45) is 5.73 Å². The van der Waals surface area contributed by atoms with E-state index in [4.69, 9.17) is 5.73 Å². The number of rotatable bonds is 13. The minimum absolute atomic E-state index is 0.0907. The van der Waals surface area contributed by atoms with Crippen LogP contribution in [0.2, 0.25) is 0 Å². The van der Waals surface area contributed by atoms with Gasteiger partial charge in [0, 0.05) is 29.9 Å². The molecule has 7 N–H and O–H groups in total. The first-order chi connectivity index (χ1) is 20.2. The number of nitrogens with two attached hydrogens (primary N) is 1. The average molecular weight is 570 g/mol. The van der Waals surface area contributed by atoms with E-state index in [1.54, 1.807) is 6.20 Å². The summed E-state index contributed by atoms with van der Waals surface area (Å²) in [6, 6.07) is 21.8. The zero-order valence-electron chi connectivity index (χ0n) is 23.2. The summed E-state index contributed by atoms with van der Waals surface area (Å²) in [4.78, 5) is 54.7. The van der Waals surface area contributed by atoms with Crippen LogP contribution in [-0.2, 0) is 38.4 Å². The second kappa shape index (κ2) is 14.1.